The van der Waals surface area contributed by atoms with Crippen LogP contribution in [-0.2, 0) is 9.53 Å². The van der Waals surface area contributed by atoms with Crippen molar-refractivity contribution in [1.29, 1.82) is 0 Å². The van der Waals surface area contributed by atoms with Crippen LogP contribution in [0, 0.1) is 34.5 Å². The number of allylic oxidation sites excluding steroid dienone is 2. The van der Waals surface area contributed by atoms with Gasteiger partial charge in [-0.3, -0.25) is 0 Å². The van der Waals surface area contributed by atoms with Gasteiger partial charge in [-0.15, -0.1) is 0 Å². The fourth-order valence-corrected chi connectivity index (χ4v) is 6.31. The van der Waals surface area contributed by atoms with Crippen LogP contribution in [0.15, 0.2) is 23.8 Å². The van der Waals surface area contributed by atoms with Crippen LogP contribution < -0.4 is 0 Å². The first-order chi connectivity index (χ1) is 11.7. The van der Waals surface area contributed by atoms with Gasteiger partial charge in [0.05, 0.1) is 6.61 Å². The van der Waals surface area contributed by atoms with Crippen LogP contribution in [0.25, 0.3) is 0 Å². The summed E-state index contributed by atoms with van der Waals surface area (Å²) in [5.41, 5.74) is 3.04. The highest BCUT2D eigenvalue weighted by Gasteiger charge is 2.55. The molecule has 0 aromatic rings. The third-order valence-electron chi connectivity index (χ3n) is 8.44. The molecule has 3 rings (SSSR count). The maximum atomic E-state index is 12.0. The van der Waals surface area contributed by atoms with Gasteiger partial charge in [-0.05, 0) is 60.7 Å². The Morgan fingerprint density at radius 1 is 1.28 bits per heavy atom. The van der Waals surface area contributed by atoms with Crippen molar-refractivity contribution in [2.75, 3.05) is 6.61 Å². The van der Waals surface area contributed by atoms with E-state index in [2.05, 4.69) is 47.3 Å². The molecule has 0 aromatic heterocycles. The van der Waals surface area contributed by atoms with Gasteiger partial charge in [0.1, 0.15) is 0 Å². The Morgan fingerprint density at radius 2 is 2.00 bits per heavy atom. The van der Waals surface area contributed by atoms with Crippen molar-refractivity contribution in [2.24, 2.45) is 34.5 Å². The van der Waals surface area contributed by atoms with E-state index in [0.717, 1.165) is 30.3 Å². The summed E-state index contributed by atoms with van der Waals surface area (Å²) in [5.74, 6) is 2.19. The fraction of sp³-hybridized carbons (Fsp3) is 0.783. The van der Waals surface area contributed by atoms with E-state index >= 15 is 0 Å². The molecule has 0 aromatic carbocycles. The largest absolute Gasteiger partial charge is 0.462 e. The SMILES string of the molecule is C=C1CCC2C(C)(CC)C(C)CCC2(C)C1C/C=C1/C(=O)OCC1C. The normalized spacial score (nSPS) is 46.2. The number of carbonyl (C=O) groups is 1. The summed E-state index contributed by atoms with van der Waals surface area (Å²) < 4.78 is 5.21. The third-order valence-corrected chi connectivity index (χ3v) is 8.44. The maximum Gasteiger partial charge on any atom is 0.334 e. The molecule has 2 nitrogen and oxygen atoms in total. The van der Waals surface area contributed by atoms with E-state index in [1.165, 1.54) is 31.3 Å². The van der Waals surface area contributed by atoms with E-state index in [4.69, 9.17) is 4.74 Å². The molecular formula is C23H36O2. The standard InChI is InChI=1S/C23H36O2/c1-7-22(5)17(4)12-13-23(6)19(15(2)8-11-20(22)23)10-9-18-16(3)14-25-21(18)24/h9,16-17,19-20H,2,7-8,10-14H2,1,3-6H3/b18-9+. The quantitative estimate of drug-likeness (QED) is 0.360. The van der Waals surface area contributed by atoms with E-state index < -0.39 is 0 Å². The predicted molar refractivity (Wildman–Crippen MR) is 103 cm³/mol. The highest BCUT2D eigenvalue weighted by atomic mass is 16.5. The highest BCUT2D eigenvalue weighted by molar-refractivity contribution is 5.90. The number of fused-ring (bicyclic) bond motifs is 1. The number of hydrogen-bond donors (Lipinski definition) is 0. The Kier molecular flexibility index (Phi) is 4.94. The van der Waals surface area contributed by atoms with Crippen molar-refractivity contribution in [2.45, 2.75) is 73.1 Å². The van der Waals surface area contributed by atoms with Crippen LogP contribution in [0.2, 0.25) is 0 Å². The van der Waals surface area contributed by atoms with Crippen molar-refractivity contribution >= 4 is 5.97 Å². The smallest absolute Gasteiger partial charge is 0.334 e. The summed E-state index contributed by atoms with van der Waals surface area (Å²) in [4.78, 5) is 12.0. The van der Waals surface area contributed by atoms with E-state index in [0.29, 0.717) is 23.4 Å². The van der Waals surface area contributed by atoms with Crippen LogP contribution >= 0.6 is 0 Å². The molecule has 2 saturated carbocycles. The lowest BCUT2D eigenvalue weighted by Crippen LogP contribution is -2.53. The molecule has 0 radical (unpaired) electrons. The van der Waals surface area contributed by atoms with Crippen LogP contribution in [0.4, 0.5) is 0 Å². The van der Waals surface area contributed by atoms with Gasteiger partial charge in [0.2, 0.25) is 0 Å². The Balaban J connectivity index is 1.89. The zero-order valence-electron chi connectivity index (χ0n) is 16.9. The Labute approximate surface area is 154 Å². The van der Waals surface area contributed by atoms with Crippen LogP contribution in [0.3, 0.4) is 0 Å². The van der Waals surface area contributed by atoms with Gasteiger partial charge in [-0.1, -0.05) is 59.3 Å². The zero-order valence-corrected chi connectivity index (χ0v) is 16.9. The molecule has 2 aliphatic carbocycles. The van der Waals surface area contributed by atoms with Crippen molar-refractivity contribution < 1.29 is 9.53 Å². The second kappa shape index (κ2) is 6.59. The van der Waals surface area contributed by atoms with Gasteiger partial charge in [-0.25, -0.2) is 4.79 Å². The summed E-state index contributed by atoms with van der Waals surface area (Å²) in [5, 5.41) is 0. The highest BCUT2D eigenvalue weighted by Crippen LogP contribution is 2.64. The average Bonchev–Trinajstić information content (AvgIpc) is 2.89. The monoisotopic (exact) mass is 344 g/mol. The van der Waals surface area contributed by atoms with Gasteiger partial charge >= 0.3 is 5.97 Å². The van der Waals surface area contributed by atoms with E-state index in [-0.39, 0.29) is 11.9 Å². The first-order valence-electron chi connectivity index (χ1n) is 10.3. The molecule has 6 atom stereocenters. The summed E-state index contributed by atoms with van der Waals surface area (Å²) in [6, 6.07) is 0. The van der Waals surface area contributed by atoms with Gasteiger partial charge in [0, 0.05) is 11.5 Å². The minimum atomic E-state index is -0.105. The number of esters is 1. The molecule has 6 unspecified atom stereocenters. The predicted octanol–water partition coefficient (Wildman–Crippen LogP) is 5.93. The first kappa shape index (κ1) is 18.7. The van der Waals surface area contributed by atoms with Gasteiger partial charge < -0.3 is 4.74 Å². The molecular weight excluding hydrogens is 308 g/mol. The number of rotatable bonds is 3. The molecule has 25 heavy (non-hydrogen) atoms. The van der Waals surface area contributed by atoms with Crippen LogP contribution in [0.5, 0.6) is 0 Å². The molecule has 140 valence electrons. The molecule has 3 fully saturated rings. The number of carbonyl (C=O) groups excluding carboxylic acids is 1. The van der Waals surface area contributed by atoms with Crippen molar-refractivity contribution in [1.82, 2.24) is 0 Å². The molecule has 0 bridgehead atoms. The molecule has 0 N–H and O–H groups in total. The molecule has 1 heterocycles. The molecule has 2 heteroatoms. The second-order valence-corrected chi connectivity index (χ2v) is 9.50. The van der Waals surface area contributed by atoms with Crippen molar-refractivity contribution in [3.05, 3.63) is 23.8 Å². The average molecular weight is 345 g/mol. The first-order valence-corrected chi connectivity index (χ1v) is 10.3. The lowest BCUT2D eigenvalue weighted by Gasteiger charge is -2.61. The molecule has 3 aliphatic rings. The zero-order chi connectivity index (χ0) is 18.4. The van der Waals surface area contributed by atoms with Gasteiger partial charge in [0.25, 0.3) is 0 Å². The third kappa shape index (κ3) is 2.90. The fourth-order valence-electron chi connectivity index (χ4n) is 6.31. The minimum absolute atomic E-state index is 0.105. The van der Waals surface area contributed by atoms with E-state index in [1.54, 1.807) is 0 Å². The van der Waals surface area contributed by atoms with Gasteiger partial charge in [-0.2, -0.15) is 0 Å². The number of hydrogen-bond acceptors (Lipinski definition) is 2. The Bertz CT molecular complexity index is 589. The summed E-state index contributed by atoms with van der Waals surface area (Å²) in [6.45, 7) is 17.0. The van der Waals surface area contributed by atoms with Crippen LogP contribution in [-0.4, -0.2) is 12.6 Å². The summed E-state index contributed by atoms with van der Waals surface area (Å²) >= 11 is 0. The van der Waals surface area contributed by atoms with Gasteiger partial charge in [0.15, 0.2) is 0 Å². The Hall–Kier alpha value is -1.05. The number of ether oxygens (including phenoxy) is 1. The second-order valence-electron chi connectivity index (χ2n) is 9.50. The van der Waals surface area contributed by atoms with Crippen molar-refractivity contribution in [3.63, 3.8) is 0 Å². The van der Waals surface area contributed by atoms with Crippen LogP contribution in [0.1, 0.15) is 73.1 Å². The molecule has 0 spiro atoms. The lowest BCUT2D eigenvalue weighted by molar-refractivity contribution is -0.135. The topological polar surface area (TPSA) is 26.3 Å². The maximum absolute atomic E-state index is 12.0. The summed E-state index contributed by atoms with van der Waals surface area (Å²) in [6.07, 6.45) is 9.45. The Morgan fingerprint density at radius 3 is 2.60 bits per heavy atom. The van der Waals surface area contributed by atoms with Crippen molar-refractivity contribution in [3.8, 4) is 0 Å². The number of cyclic esters (lactones) is 1. The molecule has 1 saturated heterocycles. The van der Waals surface area contributed by atoms with E-state index in [9.17, 15) is 4.79 Å². The molecule has 1 aliphatic heterocycles. The van der Waals surface area contributed by atoms with E-state index in [1.807, 2.05) is 0 Å². The summed E-state index contributed by atoms with van der Waals surface area (Å²) in [7, 11) is 0. The minimum Gasteiger partial charge on any atom is -0.462 e. The molecule has 0 amide bonds. The lowest BCUT2D eigenvalue weighted by atomic mass is 9.44.